The summed E-state index contributed by atoms with van der Waals surface area (Å²) in [4.78, 5) is 4.32. The number of H-pyrrole nitrogens is 1. The van der Waals surface area contributed by atoms with E-state index in [1.165, 1.54) is 27.1 Å². The summed E-state index contributed by atoms with van der Waals surface area (Å²) in [6.07, 6.45) is 0.906. The predicted octanol–water partition coefficient (Wildman–Crippen LogP) is 4.34. The van der Waals surface area contributed by atoms with E-state index in [-0.39, 0.29) is 5.41 Å². The highest BCUT2D eigenvalue weighted by Gasteiger charge is 2.35. The third kappa shape index (κ3) is 1.66. The van der Waals surface area contributed by atoms with Crippen molar-refractivity contribution in [3.63, 3.8) is 0 Å². The minimum absolute atomic E-state index is 0.0942. The minimum Gasteiger partial charge on any atom is -0.497 e. The largest absolute Gasteiger partial charge is 0.497 e. The number of hydrogen-bond donors (Lipinski definition) is 1. The molecule has 0 radical (unpaired) electrons. The molecule has 22 heavy (non-hydrogen) atoms. The minimum atomic E-state index is -0.0942. The lowest BCUT2D eigenvalue weighted by molar-refractivity contribution is 0.412. The van der Waals surface area contributed by atoms with Crippen LogP contribution in [0, 0.1) is 11.3 Å². The van der Waals surface area contributed by atoms with Gasteiger partial charge < -0.3 is 9.72 Å². The number of nitriles is 1. The van der Waals surface area contributed by atoms with E-state index < -0.39 is 0 Å². The lowest BCUT2D eigenvalue weighted by Crippen LogP contribution is -2.27. The topological polar surface area (TPSA) is 48.8 Å². The molecule has 1 aliphatic rings. The van der Waals surface area contributed by atoms with Crippen LogP contribution in [0.4, 0.5) is 0 Å². The Labute approximate surface area is 133 Å². The van der Waals surface area contributed by atoms with E-state index in [1.54, 1.807) is 18.4 Å². The third-order valence-corrected chi connectivity index (χ3v) is 5.76. The van der Waals surface area contributed by atoms with Gasteiger partial charge in [-0.25, -0.2) is 0 Å². The van der Waals surface area contributed by atoms with Crippen LogP contribution in [0.2, 0.25) is 0 Å². The predicted molar refractivity (Wildman–Crippen MR) is 88.8 cm³/mol. The number of methoxy groups -OCH3 is 1. The Morgan fingerprint density at radius 1 is 1.32 bits per heavy atom. The van der Waals surface area contributed by atoms with Crippen molar-refractivity contribution in [2.24, 2.45) is 0 Å². The lowest BCUT2D eigenvalue weighted by Gasteiger charge is -2.33. The van der Waals surface area contributed by atoms with Crippen LogP contribution in [-0.4, -0.2) is 12.1 Å². The van der Waals surface area contributed by atoms with Crippen LogP contribution in [-0.2, 0) is 11.8 Å². The van der Waals surface area contributed by atoms with Gasteiger partial charge >= 0.3 is 0 Å². The van der Waals surface area contributed by atoms with Crippen molar-refractivity contribution in [1.29, 1.82) is 5.26 Å². The first-order valence-corrected chi connectivity index (χ1v) is 8.08. The number of fused-ring (bicyclic) bond motifs is 4. The third-order valence-electron chi connectivity index (χ3n) is 4.66. The molecule has 3 nitrogen and oxygen atoms in total. The number of thiophene rings is 1. The Hall–Kier alpha value is -2.25. The summed E-state index contributed by atoms with van der Waals surface area (Å²) in [5.41, 5.74) is 6.24. The van der Waals surface area contributed by atoms with Crippen LogP contribution in [0.3, 0.4) is 0 Å². The molecule has 0 unspecified atom stereocenters. The van der Waals surface area contributed by atoms with Crippen molar-refractivity contribution in [2.45, 2.75) is 25.7 Å². The monoisotopic (exact) mass is 308 g/mol. The van der Waals surface area contributed by atoms with E-state index in [9.17, 15) is 0 Å². The van der Waals surface area contributed by atoms with Gasteiger partial charge in [-0.05, 0) is 34.9 Å². The van der Waals surface area contributed by atoms with Crippen LogP contribution in [0.15, 0.2) is 24.3 Å². The Balaban J connectivity index is 1.97. The van der Waals surface area contributed by atoms with Crippen molar-refractivity contribution < 1.29 is 4.74 Å². The number of nitrogens with zero attached hydrogens (tertiary/aromatic N) is 1. The van der Waals surface area contributed by atoms with Gasteiger partial charge in [-0.3, -0.25) is 0 Å². The van der Waals surface area contributed by atoms with Gasteiger partial charge in [0.15, 0.2) is 0 Å². The molecule has 0 saturated heterocycles. The molecule has 0 atom stereocenters. The van der Waals surface area contributed by atoms with E-state index in [0.717, 1.165) is 22.6 Å². The zero-order valence-corrected chi connectivity index (χ0v) is 13.6. The lowest BCUT2D eigenvalue weighted by atomic mass is 9.72. The van der Waals surface area contributed by atoms with Crippen LogP contribution >= 0.6 is 11.3 Å². The molecule has 2 heterocycles. The summed E-state index contributed by atoms with van der Waals surface area (Å²) in [5, 5.41) is 9.11. The van der Waals surface area contributed by atoms with Gasteiger partial charge in [-0.15, -0.1) is 11.3 Å². The first-order chi connectivity index (χ1) is 10.5. The van der Waals surface area contributed by atoms with E-state index in [2.05, 4.69) is 37.0 Å². The Bertz CT molecular complexity index is 940. The second-order valence-electron chi connectivity index (χ2n) is 6.27. The van der Waals surface area contributed by atoms with Gasteiger partial charge in [0.1, 0.15) is 16.7 Å². The number of benzene rings is 1. The molecule has 0 amide bonds. The molecule has 3 aromatic rings. The molecule has 0 aliphatic heterocycles. The molecule has 0 saturated carbocycles. The fourth-order valence-electron chi connectivity index (χ4n) is 3.53. The Kier molecular flexibility index (Phi) is 2.67. The fourth-order valence-corrected chi connectivity index (χ4v) is 4.49. The second-order valence-corrected chi connectivity index (χ2v) is 7.32. The first-order valence-electron chi connectivity index (χ1n) is 7.27. The highest BCUT2D eigenvalue weighted by Crippen LogP contribution is 2.46. The number of aromatic amines is 1. The molecular formula is C18H16N2OS. The van der Waals surface area contributed by atoms with Gasteiger partial charge in [0.2, 0.25) is 0 Å². The molecule has 0 fully saturated rings. The smallest absolute Gasteiger partial charge is 0.119 e. The van der Waals surface area contributed by atoms with Gasteiger partial charge in [-0.2, -0.15) is 5.26 Å². The van der Waals surface area contributed by atoms with Crippen molar-refractivity contribution in [3.8, 4) is 11.8 Å². The average molecular weight is 308 g/mol. The number of rotatable bonds is 1. The molecule has 4 rings (SSSR count). The first kappa shape index (κ1) is 13.4. The standard InChI is InChI=1S/C18H16N2OS/c1-18(2)14-7-11(21-3)5-4-10(14)6-13-16-15(20-17(13)18)8-12(9-19)22-16/h4-5,7-8,20H,6H2,1-3H3. The molecule has 1 aliphatic carbocycles. The molecule has 0 spiro atoms. The number of hydrogen-bond acceptors (Lipinski definition) is 3. The van der Waals surface area contributed by atoms with Crippen LogP contribution in [0.25, 0.3) is 10.2 Å². The summed E-state index contributed by atoms with van der Waals surface area (Å²) >= 11 is 1.58. The number of aromatic nitrogens is 1. The van der Waals surface area contributed by atoms with Gasteiger partial charge in [0, 0.05) is 17.5 Å². The van der Waals surface area contributed by atoms with Gasteiger partial charge in [0.05, 0.1) is 17.3 Å². The number of ether oxygens (including phenoxy) is 1. The zero-order chi connectivity index (χ0) is 15.5. The molecule has 4 heteroatoms. The maximum Gasteiger partial charge on any atom is 0.119 e. The van der Waals surface area contributed by atoms with Crippen LogP contribution in [0.1, 0.15) is 41.1 Å². The summed E-state index contributed by atoms with van der Waals surface area (Å²) in [6, 6.07) is 10.5. The maximum absolute atomic E-state index is 9.11. The maximum atomic E-state index is 9.11. The second kappa shape index (κ2) is 4.37. The fraction of sp³-hybridized carbons (Fsp3) is 0.278. The van der Waals surface area contributed by atoms with E-state index >= 15 is 0 Å². The Morgan fingerprint density at radius 2 is 2.14 bits per heavy atom. The van der Waals surface area contributed by atoms with Crippen molar-refractivity contribution in [3.05, 3.63) is 51.5 Å². The van der Waals surface area contributed by atoms with Crippen molar-refractivity contribution in [2.75, 3.05) is 7.11 Å². The summed E-state index contributed by atoms with van der Waals surface area (Å²) in [5.74, 6) is 0.899. The number of nitrogens with one attached hydrogen (secondary N) is 1. The Morgan fingerprint density at radius 3 is 2.86 bits per heavy atom. The summed E-state index contributed by atoms with van der Waals surface area (Å²) < 4.78 is 6.61. The van der Waals surface area contributed by atoms with Crippen LogP contribution in [0.5, 0.6) is 5.75 Å². The molecule has 0 bridgehead atoms. The molecule has 110 valence electrons. The van der Waals surface area contributed by atoms with Gasteiger partial charge in [-0.1, -0.05) is 19.9 Å². The van der Waals surface area contributed by atoms with Crippen molar-refractivity contribution >= 4 is 21.6 Å². The molecule has 1 aromatic carbocycles. The normalized spacial score (nSPS) is 15.2. The van der Waals surface area contributed by atoms with Crippen molar-refractivity contribution in [1.82, 2.24) is 4.98 Å². The SMILES string of the molecule is COc1ccc2c(c1)C(C)(C)c1[nH]c3cc(C#N)sc3c1C2. The highest BCUT2D eigenvalue weighted by atomic mass is 32.1. The average Bonchev–Trinajstić information content (AvgIpc) is 3.06. The summed E-state index contributed by atoms with van der Waals surface area (Å²) in [6.45, 7) is 4.49. The van der Waals surface area contributed by atoms with E-state index in [0.29, 0.717) is 0 Å². The van der Waals surface area contributed by atoms with Crippen LogP contribution < -0.4 is 4.74 Å². The molecule has 1 N–H and O–H groups in total. The van der Waals surface area contributed by atoms with E-state index in [1.807, 2.05) is 12.1 Å². The van der Waals surface area contributed by atoms with Gasteiger partial charge in [0.25, 0.3) is 0 Å². The quantitative estimate of drug-likeness (QED) is 0.727. The molecular weight excluding hydrogens is 292 g/mol. The highest BCUT2D eigenvalue weighted by molar-refractivity contribution is 7.19. The molecule has 2 aromatic heterocycles. The zero-order valence-electron chi connectivity index (χ0n) is 12.8. The van der Waals surface area contributed by atoms with E-state index in [4.69, 9.17) is 10.00 Å². The summed E-state index contributed by atoms with van der Waals surface area (Å²) in [7, 11) is 1.71.